The van der Waals surface area contributed by atoms with Crippen molar-refractivity contribution in [1.82, 2.24) is 15.5 Å². The number of rotatable bonds is 7. The van der Waals surface area contributed by atoms with Gasteiger partial charge in [-0.25, -0.2) is 0 Å². The van der Waals surface area contributed by atoms with Gasteiger partial charge in [-0.15, -0.1) is 24.0 Å². The summed E-state index contributed by atoms with van der Waals surface area (Å²) in [5, 5.41) is 7.68. The molecular weight excluding hydrogens is 441 g/mol. The van der Waals surface area contributed by atoms with Crippen LogP contribution in [0.4, 0.5) is 0 Å². The number of aromatic nitrogens is 2. The summed E-state index contributed by atoms with van der Waals surface area (Å²) in [6, 6.07) is 7.30. The van der Waals surface area contributed by atoms with Gasteiger partial charge < -0.3 is 15.6 Å². The number of nitrogens with one attached hydrogen (secondary N) is 1. The van der Waals surface area contributed by atoms with E-state index in [2.05, 4.69) is 34.3 Å². The Balaban J connectivity index is 0.00000288. The molecule has 0 aliphatic rings. The Morgan fingerprint density at radius 3 is 2.71 bits per heavy atom. The van der Waals surface area contributed by atoms with Gasteiger partial charge in [-0.2, -0.15) is 4.98 Å². The molecule has 132 valence electrons. The minimum absolute atomic E-state index is 0. The molecule has 1 aromatic carbocycles. The quantitative estimate of drug-likeness (QED) is 0.373. The van der Waals surface area contributed by atoms with E-state index in [9.17, 15) is 0 Å². The van der Waals surface area contributed by atoms with E-state index < -0.39 is 0 Å². The number of nitrogens with two attached hydrogens (primary N) is 1. The summed E-state index contributed by atoms with van der Waals surface area (Å²) in [7, 11) is 0. The van der Waals surface area contributed by atoms with Crippen LogP contribution in [0.3, 0.4) is 0 Å². The second-order valence-electron chi connectivity index (χ2n) is 5.64. The predicted octanol–water partition coefficient (Wildman–Crippen LogP) is 3.50. The average molecular weight is 464 g/mol. The predicted molar refractivity (Wildman–Crippen MR) is 108 cm³/mol. The Morgan fingerprint density at radius 1 is 1.33 bits per heavy atom. The van der Waals surface area contributed by atoms with Crippen molar-refractivity contribution in [3.8, 4) is 11.4 Å². The van der Waals surface area contributed by atoms with Crippen LogP contribution in [-0.4, -0.2) is 29.2 Å². The topological polar surface area (TPSA) is 89.3 Å². The van der Waals surface area contributed by atoms with E-state index in [1.807, 2.05) is 12.1 Å². The highest BCUT2D eigenvalue weighted by Crippen LogP contribution is 2.18. The van der Waals surface area contributed by atoms with Crippen molar-refractivity contribution in [1.29, 1.82) is 0 Å². The lowest BCUT2D eigenvalue weighted by Gasteiger charge is -2.04. The van der Waals surface area contributed by atoms with Gasteiger partial charge in [-0.05, 0) is 36.6 Å². The van der Waals surface area contributed by atoms with Gasteiger partial charge in [-0.3, -0.25) is 4.99 Å². The first-order valence-corrected chi connectivity index (χ1v) is 8.04. The minimum atomic E-state index is 0. The molecule has 0 saturated heterocycles. The summed E-state index contributed by atoms with van der Waals surface area (Å²) in [6.07, 6.45) is 1.61. The molecule has 0 spiro atoms. The zero-order valence-corrected chi connectivity index (χ0v) is 16.9. The Kier molecular flexibility index (Phi) is 9.05. The lowest BCUT2D eigenvalue weighted by atomic mass is 10.1. The summed E-state index contributed by atoms with van der Waals surface area (Å²) >= 11 is 5.86. The number of guanidine groups is 1. The lowest BCUT2D eigenvalue weighted by molar-refractivity contribution is 0.379. The maximum Gasteiger partial charge on any atom is 0.228 e. The lowest BCUT2D eigenvalue weighted by Crippen LogP contribution is -2.33. The van der Waals surface area contributed by atoms with Crippen LogP contribution >= 0.6 is 35.6 Å². The molecule has 24 heavy (non-hydrogen) atoms. The molecule has 1 heterocycles. The molecule has 0 aliphatic heterocycles. The van der Waals surface area contributed by atoms with E-state index in [4.69, 9.17) is 21.9 Å². The van der Waals surface area contributed by atoms with Crippen molar-refractivity contribution in [3.05, 3.63) is 35.2 Å². The van der Waals surface area contributed by atoms with Crippen molar-refractivity contribution in [2.24, 2.45) is 16.6 Å². The summed E-state index contributed by atoms with van der Waals surface area (Å²) in [5.41, 5.74) is 6.66. The molecule has 0 radical (unpaired) electrons. The molecule has 0 saturated carbocycles. The van der Waals surface area contributed by atoms with Gasteiger partial charge in [0.25, 0.3) is 0 Å². The van der Waals surface area contributed by atoms with Crippen molar-refractivity contribution in [2.75, 3.05) is 13.1 Å². The fourth-order valence-corrected chi connectivity index (χ4v) is 2.00. The molecule has 0 atom stereocenters. The zero-order chi connectivity index (χ0) is 16.7. The second kappa shape index (κ2) is 10.5. The molecule has 2 rings (SSSR count). The van der Waals surface area contributed by atoms with Gasteiger partial charge in [0.15, 0.2) is 5.96 Å². The summed E-state index contributed by atoms with van der Waals surface area (Å²) in [6.45, 7) is 5.65. The molecule has 2 aromatic rings. The first-order chi connectivity index (χ1) is 11.0. The number of hydrogen-bond acceptors (Lipinski definition) is 4. The third-order valence-corrected chi connectivity index (χ3v) is 3.46. The molecule has 1 aromatic heterocycles. The van der Waals surface area contributed by atoms with Crippen LogP contribution in [-0.2, 0) is 6.42 Å². The molecule has 0 unspecified atom stereocenters. The first-order valence-electron chi connectivity index (χ1n) is 7.67. The molecule has 0 fully saturated rings. The monoisotopic (exact) mass is 463 g/mol. The minimum Gasteiger partial charge on any atom is -0.370 e. The molecule has 0 aliphatic carbocycles. The van der Waals surface area contributed by atoms with Gasteiger partial charge in [0, 0.05) is 30.1 Å². The van der Waals surface area contributed by atoms with E-state index >= 15 is 0 Å². The Hall–Kier alpha value is -1.35. The standard InChI is InChI=1S/C16H22ClN5O.HI/c1-11(2)7-9-19-16(18)20-10-8-14-21-15(22-23-14)12-3-5-13(17)6-4-12;/h3-6,11H,7-10H2,1-2H3,(H3,18,19,20);1H. The van der Waals surface area contributed by atoms with Crippen LogP contribution in [0.25, 0.3) is 11.4 Å². The van der Waals surface area contributed by atoms with Crippen LogP contribution in [0.2, 0.25) is 5.02 Å². The van der Waals surface area contributed by atoms with Gasteiger partial charge in [-0.1, -0.05) is 30.6 Å². The van der Waals surface area contributed by atoms with Gasteiger partial charge >= 0.3 is 0 Å². The highest BCUT2D eigenvalue weighted by Gasteiger charge is 2.08. The van der Waals surface area contributed by atoms with Crippen LogP contribution in [0, 0.1) is 5.92 Å². The highest BCUT2D eigenvalue weighted by molar-refractivity contribution is 14.0. The van der Waals surface area contributed by atoms with Crippen LogP contribution in [0.15, 0.2) is 33.8 Å². The van der Waals surface area contributed by atoms with E-state index in [0.717, 1.165) is 18.5 Å². The number of halogens is 2. The van der Waals surface area contributed by atoms with Crippen molar-refractivity contribution >= 4 is 41.5 Å². The first kappa shape index (κ1) is 20.7. The Bertz CT molecular complexity index is 642. The van der Waals surface area contributed by atoms with Gasteiger partial charge in [0.1, 0.15) is 0 Å². The Labute approximate surface area is 164 Å². The number of hydrogen-bond donors (Lipinski definition) is 2. The maximum atomic E-state index is 5.86. The number of nitrogens with zero attached hydrogens (tertiary/aromatic N) is 3. The second-order valence-corrected chi connectivity index (χ2v) is 6.08. The molecule has 0 amide bonds. The maximum absolute atomic E-state index is 5.86. The SMILES string of the molecule is CC(C)CCN=C(N)NCCc1nc(-c2ccc(Cl)cc2)no1.I. The van der Waals surface area contributed by atoms with E-state index in [0.29, 0.717) is 41.6 Å². The smallest absolute Gasteiger partial charge is 0.228 e. The summed E-state index contributed by atoms with van der Waals surface area (Å²) in [4.78, 5) is 8.61. The Morgan fingerprint density at radius 2 is 2.04 bits per heavy atom. The zero-order valence-electron chi connectivity index (χ0n) is 13.8. The van der Waals surface area contributed by atoms with E-state index in [1.165, 1.54) is 0 Å². The van der Waals surface area contributed by atoms with E-state index in [1.54, 1.807) is 12.1 Å². The fourth-order valence-electron chi connectivity index (χ4n) is 1.87. The number of benzene rings is 1. The van der Waals surface area contributed by atoms with E-state index in [-0.39, 0.29) is 24.0 Å². The highest BCUT2D eigenvalue weighted by atomic mass is 127. The molecule has 3 N–H and O–H groups in total. The summed E-state index contributed by atoms with van der Waals surface area (Å²) < 4.78 is 5.23. The largest absolute Gasteiger partial charge is 0.370 e. The van der Waals surface area contributed by atoms with Crippen LogP contribution < -0.4 is 11.1 Å². The third-order valence-electron chi connectivity index (χ3n) is 3.20. The third kappa shape index (κ3) is 7.04. The van der Waals surface area contributed by atoms with Crippen molar-refractivity contribution in [3.63, 3.8) is 0 Å². The molecule has 8 heteroatoms. The molecular formula is C16H23ClIN5O. The summed E-state index contributed by atoms with van der Waals surface area (Å²) in [5.74, 6) is 2.17. The van der Waals surface area contributed by atoms with Crippen LogP contribution in [0.5, 0.6) is 0 Å². The fraction of sp³-hybridized carbons (Fsp3) is 0.438. The van der Waals surface area contributed by atoms with Crippen molar-refractivity contribution in [2.45, 2.75) is 26.7 Å². The number of aliphatic imine (C=N–C) groups is 1. The van der Waals surface area contributed by atoms with Crippen LogP contribution in [0.1, 0.15) is 26.2 Å². The molecule has 0 bridgehead atoms. The normalized spacial score (nSPS) is 11.4. The van der Waals surface area contributed by atoms with Crippen molar-refractivity contribution < 1.29 is 4.52 Å². The van der Waals surface area contributed by atoms with Gasteiger partial charge in [0.2, 0.25) is 11.7 Å². The van der Waals surface area contributed by atoms with Gasteiger partial charge in [0.05, 0.1) is 0 Å². The molecule has 6 nitrogen and oxygen atoms in total. The average Bonchev–Trinajstić information content (AvgIpc) is 2.96.